The van der Waals surface area contributed by atoms with E-state index in [4.69, 9.17) is 11.6 Å². The summed E-state index contributed by atoms with van der Waals surface area (Å²) in [6, 6.07) is 6.22. The lowest BCUT2D eigenvalue weighted by Crippen LogP contribution is -2.17. The standard InChI is InChI=1S/C9H8ClI/c10-8-2-1-6-3-7(5-11)9(6)4-8/h1-2,4,7H,3,5H2. The topological polar surface area (TPSA) is 0 Å². The first-order valence-electron chi connectivity index (χ1n) is 3.65. The van der Waals surface area contributed by atoms with Crippen molar-refractivity contribution in [3.8, 4) is 0 Å². The van der Waals surface area contributed by atoms with E-state index in [0.717, 1.165) is 10.9 Å². The van der Waals surface area contributed by atoms with Gasteiger partial charge in [0.05, 0.1) is 0 Å². The monoisotopic (exact) mass is 278 g/mol. The van der Waals surface area contributed by atoms with Crippen LogP contribution in [0.3, 0.4) is 0 Å². The Labute approximate surface area is 85.1 Å². The van der Waals surface area contributed by atoms with E-state index in [1.807, 2.05) is 6.07 Å². The number of hydrogen-bond donors (Lipinski definition) is 0. The summed E-state index contributed by atoms with van der Waals surface area (Å²) in [6.45, 7) is 0. The zero-order chi connectivity index (χ0) is 7.84. The second kappa shape index (κ2) is 2.94. The molecule has 0 aromatic heterocycles. The Hall–Kier alpha value is 0.240. The highest BCUT2D eigenvalue weighted by Crippen LogP contribution is 2.37. The van der Waals surface area contributed by atoms with Gasteiger partial charge in [-0.3, -0.25) is 0 Å². The molecule has 0 amide bonds. The Kier molecular flexibility index (Phi) is 2.10. The lowest BCUT2D eigenvalue weighted by molar-refractivity contribution is 0.686. The van der Waals surface area contributed by atoms with Crippen LogP contribution in [0.2, 0.25) is 5.02 Å². The van der Waals surface area contributed by atoms with Gasteiger partial charge in [0.2, 0.25) is 0 Å². The maximum absolute atomic E-state index is 5.87. The Morgan fingerprint density at radius 3 is 3.09 bits per heavy atom. The van der Waals surface area contributed by atoms with Gasteiger partial charge in [-0.1, -0.05) is 40.3 Å². The maximum Gasteiger partial charge on any atom is 0.0409 e. The van der Waals surface area contributed by atoms with Gasteiger partial charge >= 0.3 is 0 Å². The van der Waals surface area contributed by atoms with Crippen LogP contribution in [0, 0.1) is 0 Å². The summed E-state index contributed by atoms with van der Waals surface area (Å²) in [5.41, 5.74) is 2.95. The summed E-state index contributed by atoms with van der Waals surface area (Å²) in [5, 5.41) is 0.873. The molecule has 0 saturated heterocycles. The average Bonchev–Trinajstić information content (AvgIpc) is 1.97. The minimum absolute atomic E-state index is 0.768. The summed E-state index contributed by atoms with van der Waals surface area (Å²) < 4.78 is 1.21. The number of benzene rings is 1. The molecule has 0 radical (unpaired) electrons. The predicted molar refractivity (Wildman–Crippen MR) is 56.8 cm³/mol. The van der Waals surface area contributed by atoms with Crippen molar-refractivity contribution < 1.29 is 0 Å². The molecule has 1 atom stereocenters. The van der Waals surface area contributed by atoms with E-state index in [2.05, 4.69) is 34.7 Å². The molecular weight excluding hydrogens is 270 g/mol. The number of rotatable bonds is 1. The van der Waals surface area contributed by atoms with Crippen molar-refractivity contribution >= 4 is 34.2 Å². The van der Waals surface area contributed by atoms with Crippen molar-refractivity contribution in [1.82, 2.24) is 0 Å². The molecule has 2 rings (SSSR count). The van der Waals surface area contributed by atoms with E-state index in [9.17, 15) is 0 Å². The summed E-state index contributed by atoms with van der Waals surface area (Å²) >= 11 is 8.30. The Morgan fingerprint density at radius 1 is 1.55 bits per heavy atom. The Morgan fingerprint density at radius 2 is 2.36 bits per heavy atom. The third kappa shape index (κ3) is 1.29. The lowest BCUT2D eigenvalue weighted by atomic mass is 9.79. The molecule has 1 aliphatic rings. The van der Waals surface area contributed by atoms with Crippen LogP contribution in [0.5, 0.6) is 0 Å². The van der Waals surface area contributed by atoms with Gasteiger partial charge in [0.15, 0.2) is 0 Å². The molecule has 1 aromatic rings. The molecule has 1 aromatic carbocycles. The van der Waals surface area contributed by atoms with Crippen LogP contribution < -0.4 is 0 Å². The van der Waals surface area contributed by atoms with Crippen molar-refractivity contribution in [1.29, 1.82) is 0 Å². The Bertz CT molecular complexity index is 283. The average molecular weight is 279 g/mol. The normalized spacial score (nSPS) is 20.7. The van der Waals surface area contributed by atoms with Crippen molar-refractivity contribution in [3.05, 3.63) is 34.3 Å². The van der Waals surface area contributed by atoms with Crippen molar-refractivity contribution in [2.75, 3.05) is 4.43 Å². The molecule has 11 heavy (non-hydrogen) atoms. The van der Waals surface area contributed by atoms with Gasteiger partial charge in [-0.25, -0.2) is 0 Å². The van der Waals surface area contributed by atoms with E-state index in [1.54, 1.807) is 0 Å². The van der Waals surface area contributed by atoms with Crippen LogP contribution in [0.1, 0.15) is 17.0 Å². The van der Waals surface area contributed by atoms with Gasteiger partial charge in [-0.05, 0) is 35.6 Å². The van der Waals surface area contributed by atoms with Gasteiger partial charge < -0.3 is 0 Å². The SMILES string of the molecule is Clc1ccc2c(c1)C(CI)C2. The van der Waals surface area contributed by atoms with Crippen LogP contribution in [0.25, 0.3) is 0 Å². The number of alkyl halides is 1. The quantitative estimate of drug-likeness (QED) is 0.545. The minimum Gasteiger partial charge on any atom is -0.0857 e. The minimum atomic E-state index is 0.768. The molecule has 1 unspecified atom stereocenters. The van der Waals surface area contributed by atoms with Gasteiger partial charge in [0.25, 0.3) is 0 Å². The zero-order valence-corrected chi connectivity index (χ0v) is 8.89. The molecule has 0 bridgehead atoms. The fourth-order valence-corrected chi connectivity index (χ4v) is 2.48. The fourth-order valence-electron chi connectivity index (χ4n) is 1.51. The largest absolute Gasteiger partial charge is 0.0857 e. The summed E-state index contributed by atoms with van der Waals surface area (Å²) in [7, 11) is 0. The summed E-state index contributed by atoms with van der Waals surface area (Å²) in [6.07, 6.45) is 1.25. The molecule has 0 saturated carbocycles. The highest BCUT2D eigenvalue weighted by molar-refractivity contribution is 14.1. The molecule has 0 aliphatic heterocycles. The van der Waals surface area contributed by atoms with Crippen LogP contribution in [-0.2, 0) is 6.42 Å². The summed E-state index contributed by atoms with van der Waals surface area (Å²) in [4.78, 5) is 0. The van der Waals surface area contributed by atoms with Crippen LogP contribution in [-0.4, -0.2) is 4.43 Å². The zero-order valence-electron chi connectivity index (χ0n) is 5.98. The summed E-state index contributed by atoms with van der Waals surface area (Å²) in [5.74, 6) is 0.768. The molecule has 0 N–H and O–H groups in total. The third-order valence-corrected chi connectivity index (χ3v) is 3.50. The van der Waals surface area contributed by atoms with Crippen LogP contribution >= 0.6 is 34.2 Å². The maximum atomic E-state index is 5.87. The van der Waals surface area contributed by atoms with E-state index in [0.29, 0.717) is 0 Å². The molecule has 0 nitrogen and oxygen atoms in total. The lowest BCUT2D eigenvalue weighted by Gasteiger charge is -2.28. The molecule has 2 heteroatoms. The van der Waals surface area contributed by atoms with E-state index >= 15 is 0 Å². The van der Waals surface area contributed by atoms with Crippen molar-refractivity contribution in [2.24, 2.45) is 0 Å². The highest BCUT2D eigenvalue weighted by atomic mass is 127. The first-order valence-corrected chi connectivity index (χ1v) is 5.56. The highest BCUT2D eigenvalue weighted by Gasteiger charge is 2.24. The fraction of sp³-hybridized carbons (Fsp3) is 0.333. The van der Waals surface area contributed by atoms with Gasteiger partial charge in [-0.15, -0.1) is 0 Å². The number of fused-ring (bicyclic) bond motifs is 1. The number of hydrogen-bond acceptors (Lipinski definition) is 0. The first kappa shape index (κ1) is 7.87. The third-order valence-electron chi connectivity index (χ3n) is 2.20. The predicted octanol–water partition coefficient (Wildman–Crippen LogP) is 3.41. The van der Waals surface area contributed by atoms with Crippen LogP contribution in [0.4, 0.5) is 0 Å². The van der Waals surface area contributed by atoms with E-state index < -0.39 is 0 Å². The smallest absolute Gasteiger partial charge is 0.0409 e. The molecule has 0 spiro atoms. The van der Waals surface area contributed by atoms with Gasteiger partial charge in [0, 0.05) is 9.45 Å². The molecule has 58 valence electrons. The van der Waals surface area contributed by atoms with Gasteiger partial charge in [0.1, 0.15) is 0 Å². The second-order valence-electron chi connectivity index (χ2n) is 2.90. The number of halogens is 2. The molecule has 0 heterocycles. The van der Waals surface area contributed by atoms with Gasteiger partial charge in [-0.2, -0.15) is 0 Å². The Balaban J connectivity index is 2.37. The van der Waals surface area contributed by atoms with Crippen molar-refractivity contribution in [3.63, 3.8) is 0 Å². The molecule has 0 fully saturated rings. The molecule has 1 aliphatic carbocycles. The first-order chi connectivity index (χ1) is 5.31. The van der Waals surface area contributed by atoms with E-state index in [1.165, 1.54) is 22.0 Å². The van der Waals surface area contributed by atoms with Crippen LogP contribution in [0.15, 0.2) is 18.2 Å². The molecular formula is C9H8ClI. The van der Waals surface area contributed by atoms with E-state index in [-0.39, 0.29) is 0 Å². The second-order valence-corrected chi connectivity index (χ2v) is 4.22. The van der Waals surface area contributed by atoms with Crippen molar-refractivity contribution in [2.45, 2.75) is 12.3 Å².